The summed E-state index contributed by atoms with van der Waals surface area (Å²) in [4.78, 5) is 19.4. The number of aliphatic hydroxyl groups excluding tert-OH is 1. The second kappa shape index (κ2) is 10.3. The number of primary amides is 1. The van der Waals surface area contributed by atoms with Crippen LogP contribution in [0.3, 0.4) is 0 Å². The molecule has 1 unspecified atom stereocenters. The van der Waals surface area contributed by atoms with Crippen LogP contribution in [-0.2, 0) is 11.3 Å². The highest BCUT2D eigenvalue weighted by atomic mass is 35.5. The molecule has 31 heavy (non-hydrogen) atoms. The van der Waals surface area contributed by atoms with Crippen LogP contribution in [0.25, 0.3) is 10.9 Å². The van der Waals surface area contributed by atoms with E-state index in [0.717, 1.165) is 23.9 Å². The van der Waals surface area contributed by atoms with Crippen LogP contribution in [0.2, 0.25) is 5.02 Å². The number of likely N-dealkylation sites (tertiary alicyclic amines) is 1. The first kappa shape index (κ1) is 22.7. The monoisotopic (exact) mass is 447 g/mol. The van der Waals surface area contributed by atoms with E-state index in [1.54, 1.807) is 19.2 Å². The second-order valence-corrected chi connectivity index (χ2v) is 7.35. The number of fused-ring (bicyclic) bond motifs is 1. The maximum absolute atomic E-state index is 14.3. The zero-order valence-corrected chi connectivity index (χ0v) is 17.6. The maximum atomic E-state index is 14.3. The van der Waals surface area contributed by atoms with Gasteiger partial charge in [-0.15, -0.1) is 0 Å². The van der Waals surface area contributed by atoms with Crippen molar-refractivity contribution >= 4 is 40.4 Å². The van der Waals surface area contributed by atoms with Crippen molar-refractivity contribution in [2.75, 3.05) is 25.5 Å². The summed E-state index contributed by atoms with van der Waals surface area (Å²) >= 11 is 5.88. The molecule has 1 aliphatic rings. The van der Waals surface area contributed by atoms with Crippen molar-refractivity contribution in [3.05, 3.63) is 53.1 Å². The minimum absolute atomic E-state index is 0.0401. The number of β-amino-alcohol motifs (C(OH)–C–C–N with tert-alkyl or cyclic N) is 1. The van der Waals surface area contributed by atoms with Gasteiger partial charge in [0.25, 0.3) is 0 Å². The van der Waals surface area contributed by atoms with Gasteiger partial charge in [-0.1, -0.05) is 17.7 Å². The molecule has 0 aliphatic carbocycles. The molecule has 4 N–H and O–H groups in total. The molecule has 3 aromatic rings. The first-order chi connectivity index (χ1) is 15.0. The van der Waals surface area contributed by atoms with Crippen LogP contribution in [0.15, 0.2) is 36.7 Å². The van der Waals surface area contributed by atoms with Crippen LogP contribution in [0.1, 0.15) is 12.0 Å². The number of benzene rings is 2. The lowest BCUT2D eigenvalue weighted by Gasteiger charge is -2.18. The Labute approximate surface area is 183 Å². The summed E-state index contributed by atoms with van der Waals surface area (Å²) in [5, 5.41) is 13.6. The van der Waals surface area contributed by atoms with E-state index in [2.05, 4.69) is 25.9 Å². The summed E-state index contributed by atoms with van der Waals surface area (Å²) in [6.07, 6.45) is 2.14. The second-order valence-electron chi connectivity index (χ2n) is 6.94. The molecule has 1 atom stereocenters. The fourth-order valence-electron chi connectivity index (χ4n) is 3.47. The summed E-state index contributed by atoms with van der Waals surface area (Å²) in [6, 6.07) is 8.56. The first-order valence-electron chi connectivity index (χ1n) is 9.55. The summed E-state index contributed by atoms with van der Waals surface area (Å²) in [6.45, 7) is 2.09. The SMILES string of the molecule is COc1cc2ncnc(Nc3cccc(Cl)c3F)c2cc1CN1CCC(O)C1.NC=O. The lowest BCUT2D eigenvalue weighted by atomic mass is 10.1. The zero-order valence-electron chi connectivity index (χ0n) is 16.9. The van der Waals surface area contributed by atoms with Crippen molar-refractivity contribution in [1.29, 1.82) is 0 Å². The minimum atomic E-state index is -0.532. The van der Waals surface area contributed by atoms with E-state index in [9.17, 15) is 9.50 Å². The number of nitrogens with two attached hydrogens (primary N) is 1. The van der Waals surface area contributed by atoms with E-state index >= 15 is 0 Å². The van der Waals surface area contributed by atoms with Crippen LogP contribution in [0, 0.1) is 5.82 Å². The Kier molecular flexibility index (Phi) is 7.56. The van der Waals surface area contributed by atoms with Crippen LogP contribution >= 0.6 is 11.6 Å². The van der Waals surface area contributed by atoms with Gasteiger partial charge in [0.1, 0.15) is 17.9 Å². The molecule has 1 fully saturated rings. The number of amides is 1. The van der Waals surface area contributed by atoms with E-state index in [1.807, 2.05) is 12.1 Å². The molecule has 164 valence electrons. The van der Waals surface area contributed by atoms with Crippen LogP contribution in [0.4, 0.5) is 15.9 Å². The number of hydrogen-bond donors (Lipinski definition) is 3. The summed E-state index contributed by atoms with van der Waals surface area (Å²) in [7, 11) is 1.62. The van der Waals surface area contributed by atoms with Crippen molar-refractivity contribution in [1.82, 2.24) is 14.9 Å². The first-order valence-corrected chi connectivity index (χ1v) is 9.93. The van der Waals surface area contributed by atoms with Gasteiger partial charge in [0.2, 0.25) is 6.41 Å². The van der Waals surface area contributed by atoms with E-state index in [-0.39, 0.29) is 23.2 Å². The Bertz CT molecular complexity index is 1070. The number of nitrogens with zero attached hydrogens (tertiary/aromatic N) is 3. The summed E-state index contributed by atoms with van der Waals surface area (Å²) in [5.74, 6) is 0.666. The summed E-state index contributed by atoms with van der Waals surface area (Å²) in [5.41, 5.74) is 6.04. The molecule has 0 spiro atoms. The molecule has 4 rings (SSSR count). The van der Waals surface area contributed by atoms with Crippen LogP contribution in [-0.4, -0.2) is 52.7 Å². The van der Waals surface area contributed by atoms with Gasteiger partial charge >= 0.3 is 0 Å². The number of carbonyl (C=O) groups excluding carboxylic acids is 1. The number of nitrogens with one attached hydrogen (secondary N) is 1. The highest BCUT2D eigenvalue weighted by Crippen LogP contribution is 2.32. The minimum Gasteiger partial charge on any atom is -0.496 e. The fourth-order valence-corrected chi connectivity index (χ4v) is 3.64. The number of ether oxygens (including phenoxy) is 1. The zero-order chi connectivity index (χ0) is 22.4. The molecule has 1 saturated heterocycles. The Morgan fingerprint density at radius 2 is 2.19 bits per heavy atom. The Hall–Kier alpha value is -3.01. The standard InChI is InChI=1S/C20H20ClFN4O2.CH3NO/c1-28-18-8-17-14(7-12(18)9-26-6-5-13(27)10-26)20(24-11-23-17)25-16-4-2-3-15(21)19(16)22;2-1-3/h2-4,7-8,11,13,27H,5-6,9-10H2,1H3,(H,23,24,25);1H,(H2,2,3). The maximum Gasteiger partial charge on any atom is 0.204 e. The van der Waals surface area contributed by atoms with Crippen molar-refractivity contribution in [3.63, 3.8) is 0 Å². The van der Waals surface area contributed by atoms with E-state index < -0.39 is 5.82 Å². The Morgan fingerprint density at radius 1 is 1.42 bits per heavy atom. The Balaban J connectivity index is 0.000000858. The lowest BCUT2D eigenvalue weighted by molar-refractivity contribution is -0.106. The van der Waals surface area contributed by atoms with E-state index in [1.165, 1.54) is 12.4 Å². The highest BCUT2D eigenvalue weighted by molar-refractivity contribution is 6.31. The van der Waals surface area contributed by atoms with Gasteiger partial charge in [-0.25, -0.2) is 14.4 Å². The van der Waals surface area contributed by atoms with Gasteiger partial charge in [0.15, 0.2) is 5.82 Å². The lowest BCUT2D eigenvalue weighted by Crippen LogP contribution is -2.21. The van der Waals surface area contributed by atoms with E-state index in [0.29, 0.717) is 30.2 Å². The largest absolute Gasteiger partial charge is 0.496 e. The quantitative estimate of drug-likeness (QED) is 0.515. The molecule has 1 amide bonds. The average molecular weight is 448 g/mol. The van der Waals surface area contributed by atoms with Gasteiger partial charge in [-0.05, 0) is 24.6 Å². The third-order valence-electron chi connectivity index (χ3n) is 4.88. The average Bonchev–Trinajstić information content (AvgIpc) is 3.16. The van der Waals surface area contributed by atoms with Gasteiger partial charge in [-0.2, -0.15) is 0 Å². The van der Waals surface area contributed by atoms with Gasteiger partial charge in [0, 0.05) is 36.7 Å². The number of aromatic nitrogens is 2. The molecule has 8 nitrogen and oxygen atoms in total. The molecule has 1 aromatic heterocycles. The number of aliphatic hydroxyl groups is 1. The van der Waals surface area contributed by atoms with Gasteiger partial charge in [-0.3, -0.25) is 9.69 Å². The van der Waals surface area contributed by atoms with Crippen LogP contribution in [0.5, 0.6) is 5.75 Å². The predicted molar refractivity (Wildman–Crippen MR) is 117 cm³/mol. The fraction of sp³-hybridized carbons (Fsp3) is 0.286. The Morgan fingerprint density at radius 3 is 2.87 bits per heavy atom. The number of anilines is 2. The molecule has 1 aliphatic heterocycles. The molecule has 10 heteroatoms. The van der Waals surface area contributed by atoms with Gasteiger partial charge in [0.05, 0.1) is 29.4 Å². The number of carbonyl (C=O) groups is 1. The molecule has 0 bridgehead atoms. The topological polar surface area (TPSA) is 114 Å². The number of hydrogen-bond acceptors (Lipinski definition) is 7. The van der Waals surface area contributed by atoms with E-state index in [4.69, 9.17) is 21.1 Å². The molecule has 0 radical (unpaired) electrons. The summed E-state index contributed by atoms with van der Waals surface area (Å²) < 4.78 is 19.8. The van der Waals surface area contributed by atoms with Crippen LogP contribution < -0.4 is 15.8 Å². The number of halogens is 2. The van der Waals surface area contributed by atoms with Crippen molar-refractivity contribution in [2.45, 2.75) is 19.1 Å². The highest BCUT2D eigenvalue weighted by Gasteiger charge is 2.22. The molecule has 2 heterocycles. The van der Waals surface area contributed by atoms with Crippen molar-refractivity contribution < 1.29 is 19.0 Å². The number of methoxy groups -OCH3 is 1. The van der Waals surface area contributed by atoms with Crippen molar-refractivity contribution in [3.8, 4) is 5.75 Å². The predicted octanol–water partition coefficient (Wildman–Crippen LogP) is 2.84. The number of rotatable bonds is 5. The molecule has 2 aromatic carbocycles. The molecule has 0 saturated carbocycles. The molecular formula is C21H23ClFN5O3. The third-order valence-corrected chi connectivity index (χ3v) is 5.18. The van der Waals surface area contributed by atoms with Crippen molar-refractivity contribution in [2.24, 2.45) is 5.73 Å². The molecular weight excluding hydrogens is 425 g/mol. The third kappa shape index (κ3) is 5.38. The van der Waals surface area contributed by atoms with Gasteiger partial charge < -0.3 is 20.9 Å². The normalized spacial score (nSPS) is 15.9. The smallest absolute Gasteiger partial charge is 0.204 e.